The molecule has 0 saturated carbocycles. The third kappa shape index (κ3) is 5.16. The molecule has 0 radical (unpaired) electrons. The number of halogens is 1. The van der Waals surface area contributed by atoms with Crippen LogP contribution in [0.5, 0.6) is 5.75 Å². The molecule has 2 aliphatic heterocycles. The molecular weight excluding hydrogens is 380 g/mol. The van der Waals surface area contributed by atoms with Crippen molar-refractivity contribution in [1.82, 2.24) is 15.1 Å². The number of likely N-dealkylation sites (tertiary alicyclic amines) is 2. The molecule has 28 heavy (non-hydrogen) atoms. The van der Waals surface area contributed by atoms with Crippen LogP contribution in [-0.4, -0.2) is 72.5 Å². The number of benzene rings is 1. The largest absolute Gasteiger partial charge is 0.495 e. The zero-order chi connectivity index (χ0) is 20.5. The van der Waals surface area contributed by atoms with Gasteiger partial charge in [0.2, 0.25) is 11.8 Å². The molecular formula is C20H29ClN4O3. The molecule has 7 nitrogen and oxygen atoms in total. The van der Waals surface area contributed by atoms with Crippen molar-refractivity contribution in [3.63, 3.8) is 0 Å². The van der Waals surface area contributed by atoms with Crippen molar-refractivity contribution in [1.29, 1.82) is 0 Å². The highest BCUT2D eigenvalue weighted by molar-refractivity contribution is 6.32. The highest BCUT2D eigenvalue weighted by Gasteiger charge is 2.44. The van der Waals surface area contributed by atoms with E-state index in [-0.39, 0.29) is 17.4 Å². The standard InChI is InChI=1S/C20H29ClN4O3/c1-20(2,3)23-19(27)12-25-10-14-8-15(25)9-24(14)11-18(26)22-13-5-6-16(21)17(7-13)28-4/h5-7,14-15H,8-12H2,1-4H3,(H,22,26)(H,23,27)/t14-,15+/m0/s1. The first-order valence-electron chi connectivity index (χ1n) is 9.57. The van der Waals surface area contributed by atoms with E-state index in [1.165, 1.54) is 0 Å². The second-order valence-corrected chi connectivity index (χ2v) is 9.01. The van der Waals surface area contributed by atoms with Crippen molar-refractivity contribution < 1.29 is 14.3 Å². The zero-order valence-electron chi connectivity index (χ0n) is 16.9. The second-order valence-electron chi connectivity index (χ2n) is 8.60. The fourth-order valence-corrected chi connectivity index (χ4v) is 4.18. The van der Waals surface area contributed by atoms with Crippen LogP contribution in [0.15, 0.2) is 18.2 Å². The van der Waals surface area contributed by atoms with E-state index in [1.54, 1.807) is 25.3 Å². The molecule has 2 N–H and O–H groups in total. The van der Waals surface area contributed by atoms with Crippen LogP contribution in [-0.2, 0) is 9.59 Å². The normalized spacial score (nSPS) is 22.3. The highest BCUT2D eigenvalue weighted by atomic mass is 35.5. The number of carbonyl (C=O) groups excluding carboxylic acids is 2. The van der Waals surface area contributed by atoms with E-state index in [0.717, 1.165) is 19.5 Å². The van der Waals surface area contributed by atoms with Gasteiger partial charge in [-0.15, -0.1) is 0 Å². The number of ether oxygens (including phenoxy) is 1. The van der Waals surface area contributed by atoms with Crippen LogP contribution >= 0.6 is 11.6 Å². The molecule has 2 saturated heterocycles. The molecule has 1 aromatic carbocycles. The molecule has 1 aromatic rings. The van der Waals surface area contributed by atoms with Crippen molar-refractivity contribution >= 4 is 29.1 Å². The number of rotatable bonds is 6. The molecule has 2 aliphatic rings. The predicted octanol–water partition coefficient (Wildman–Crippen LogP) is 1.96. The van der Waals surface area contributed by atoms with Gasteiger partial charge >= 0.3 is 0 Å². The Bertz CT molecular complexity index is 749. The third-order valence-electron chi connectivity index (χ3n) is 5.11. The number of fused-ring (bicyclic) bond motifs is 2. The molecule has 0 spiro atoms. The zero-order valence-corrected chi connectivity index (χ0v) is 17.7. The van der Waals surface area contributed by atoms with E-state index < -0.39 is 0 Å². The summed E-state index contributed by atoms with van der Waals surface area (Å²) in [6.07, 6.45) is 1.00. The molecule has 3 rings (SSSR count). The average molecular weight is 409 g/mol. The maximum atomic E-state index is 12.4. The van der Waals surface area contributed by atoms with Gasteiger partial charge in [0.25, 0.3) is 0 Å². The van der Waals surface area contributed by atoms with E-state index in [0.29, 0.717) is 41.6 Å². The quantitative estimate of drug-likeness (QED) is 0.752. The maximum Gasteiger partial charge on any atom is 0.238 e. The molecule has 8 heteroatoms. The average Bonchev–Trinajstić information content (AvgIpc) is 3.14. The molecule has 2 bridgehead atoms. The van der Waals surface area contributed by atoms with Crippen molar-refractivity contribution in [2.75, 3.05) is 38.6 Å². The lowest BCUT2D eigenvalue weighted by Crippen LogP contribution is -2.52. The molecule has 0 unspecified atom stereocenters. The van der Waals surface area contributed by atoms with E-state index in [9.17, 15) is 9.59 Å². The van der Waals surface area contributed by atoms with Gasteiger partial charge in [-0.1, -0.05) is 11.6 Å². The Hall–Kier alpha value is -1.83. The minimum atomic E-state index is -0.218. The molecule has 154 valence electrons. The van der Waals surface area contributed by atoms with Crippen LogP contribution in [0.3, 0.4) is 0 Å². The fraction of sp³-hybridized carbons (Fsp3) is 0.600. The molecule has 2 fully saturated rings. The Balaban J connectivity index is 1.48. The first kappa shape index (κ1) is 20.9. The Morgan fingerprint density at radius 2 is 1.75 bits per heavy atom. The van der Waals surface area contributed by atoms with Gasteiger partial charge < -0.3 is 15.4 Å². The summed E-state index contributed by atoms with van der Waals surface area (Å²) >= 11 is 6.02. The smallest absolute Gasteiger partial charge is 0.238 e. The molecule has 2 heterocycles. The number of piperazine rings is 1. The molecule has 0 aliphatic carbocycles. The number of hydrogen-bond acceptors (Lipinski definition) is 5. The summed E-state index contributed by atoms with van der Waals surface area (Å²) in [6, 6.07) is 5.83. The lowest BCUT2D eigenvalue weighted by atomic mass is 10.1. The van der Waals surface area contributed by atoms with Crippen molar-refractivity contribution in [2.45, 2.75) is 44.8 Å². The minimum absolute atomic E-state index is 0.0565. The topological polar surface area (TPSA) is 73.9 Å². The number of methoxy groups -OCH3 is 1. The lowest BCUT2D eigenvalue weighted by Gasteiger charge is -2.34. The van der Waals surface area contributed by atoms with Gasteiger partial charge in [-0.3, -0.25) is 19.4 Å². The lowest BCUT2D eigenvalue weighted by molar-refractivity contribution is -0.124. The van der Waals surface area contributed by atoms with Crippen LogP contribution in [0.4, 0.5) is 5.69 Å². The molecule has 2 atom stereocenters. The summed E-state index contributed by atoms with van der Waals surface area (Å²) in [7, 11) is 1.54. The summed E-state index contributed by atoms with van der Waals surface area (Å²) in [5, 5.41) is 6.42. The van der Waals surface area contributed by atoms with Gasteiger partial charge in [0, 0.05) is 42.5 Å². The predicted molar refractivity (Wildman–Crippen MR) is 110 cm³/mol. The summed E-state index contributed by atoms with van der Waals surface area (Å²) in [5.74, 6) is 0.527. The molecule has 0 aromatic heterocycles. The van der Waals surface area contributed by atoms with Crippen molar-refractivity contribution in [3.8, 4) is 5.75 Å². The SMILES string of the molecule is COc1cc(NC(=O)CN2C[C@H]3C[C@H]2CN3CC(=O)NC(C)(C)C)ccc1Cl. The number of amides is 2. The monoisotopic (exact) mass is 408 g/mol. The Morgan fingerprint density at radius 1 is 1.14 bits per heavy atom. The number of nitrogens with one attached hydrogen (secondary N) is 2. The second kappa shape index (κ2) is 8.27. The van der Waals surface area contributed by atoms with E-state index in [2.05, 4.69) is 20.4 Å². The Kier molecular flexibility index (Phi) is 6.17. The van der Waals surface area contributed by atoms with Gasteiger partial charge in [-0.25, -0.2) is 0 Å². The van der Waals surface area contributed by atoms with Crippen molar-refractivity contribution in [3.05, 3.63) is 23.2 Å². The number of carbonyl (C=O) groups is 2. The van der Waals surface area contributed by atoms with Crippen LogP contribution in [0.2, 0.25) is 5.02 Å². The fourth-order valence-electron chi connectivity index (χ4n) is 3.98. The number of nitrogens with zero attached hydrogens (tertiary/aromatic N) is 2. The third-order valence-corrected chi connectivity index (χ3v) is 5.42. The van der Waals surface area contributed by atoms with E-state index in [4.69, 9.17) is 16.3 Å². The van der Waals surface area contributed by atoms with Crippen LogP contribution in [0.25, 0.3) is 0 Å². The summed E-state index contributed by atoms with van der Waals surface area (Å²) in [5.41, 5.74) is 0.445. The van der Waals surface area contributed by atoms with E-state index in [1.807, 2.05) is 20.8 Å². The highest BCUT2D eigenvalue weighted by Crippen LogP contribution is 2.31. The summed E-state index contributed by atoms with van der Waals surface area (Å²) in [6.45, 7) is 8.35. The Labute approximate surface area is 171 Å². The molecule has 2 amide bonds. The van der Waals surface area contributed by atoms with Gasteiger partial charge in [-0.05, 0) is 39.3 Å². The van der Waals surface area contributed by atoms with Gasteiger partial charge in [-0.2, -0.15) is 0 Å². The van der Waals surface area contributed by atoms with E-state index >= 15 is 0 Å². The van der Waals surface area contributed by atoms with Gasteiger partial charge in [0.1, 0.15) is 5.75 Å². The first-order valence-corrected chi connectivity index (χ1v) is 9.95. The van der Waals surface area contributed by atoms with Crippen LogP contribution in [0, 0.1) is 0 Å². The van der Waals surface area contributed by atoms with Gasteiger partial charge in [0.15, 0.2) is 0 Å². The van der Waals surface area contributed by atoms with Crippen LogP contribution in [0.1, 0.15) is 27.2 Å². The van der Waals surface area contributed by atoms with Crippen LogP contribution < -0.4 is 15.4 Å². The summed E-state index contributed by atoms with van der Waals surface area (Å²) < 4.78 is 5.18. The van der Waals surface area contributed by atoms with Crippen molar-refractivity contribution in [2.24, 2.45) is 0 Å². The summed E-state index contributed by atoms with van der Waals surface area (Å²) in [4.78, 5) is 29.0. The maximum absolute atomic E-state index is 12.4. The Morgan fingerprint density at radius 3 is 2.29 bits per heavy atom. The number of anilines is 1. The minimum Gasteiger partial charge on any atom is -0.495 e. The first-order chi connectivity index (χ1) is 13.1. The van der Waals surface area contributed by atoms with Gasteiger partial charge in [0.05, 0.1) is 25.2 Å². The number of hydrogen-bond donors (Lipinski definition) is 2.